The molecule has 0 atom stereocenters. The van der Waals surface area contributed by atoms with E-state index in [1.54, 1.807) is 12.1 Å². The molecule has 0 radical (unpaired) electrons. The number of amides is 1. The zero-order valence-corrected chi connectivity index (χ0v) is 13.2. The van der Waals surface area contributed by atoms with Gasteiger partial charge in [0.15, 0.2) is 0 Å². The van der Waals surface area contributed by atoms with Crippen LogP contribution in [0.15, 0.2) is 27.1 Å². The standard InChI is InChI=1S/C9H8BrN5O3S2/c1-5(16)11-8-13-14-9(19-8)20(17,18)15-7-4-2-3-6(10)12-7/h2-4H,1H3,(H,12,15)(H,11,13,16). The summed E-state index contributed by atoms with van der Waals surface area (Å²) >= 11 is 3.89. The SMILES string of the molecule is CC(=O)Nc1nnc(S(=O)(=O)Nc2cccc(Br)n2)s1. The summed E-state index contributed by atoms with van der Waals surface area (Å²) in [6.07, 6.45) is 0. The molecule has 0 fully saturated rings. The molecule has 11 heteroatoms. The first-order valence-corrected chi connectivity index (χ1v) is 8.22. The Hall–Kier alpha value is -1.59. The summed E-state index contributed by atoms with van der Waals surface area (Å²) < 4.78 is 26.6. The fourth-order valence-electron chi connectivity index (χ4n) is 1.17. The van der Waals surface area contributed by atoms with Crippen LogP contribution in [0.5, 0.6) is 0 Å². The number of halogens is 1. The second-order valence-corrected chi connectivity index (χ2v) is 7.15. The topological polar surface area (TPSA) is 114 Å². The Balaban J connectivity index is 2.22. The maximum atomic E-state index is 12.0. The minimum Gasteiger partial charge on any atom is -0.301 e. The highest BCUT2D eigenvalue weighted by Gasteiger charge is 2.21. The van der Waals surface area contributed by atoms with E-state index < -0.39 is 10.0 Å². The van der Waals surface area contributed by atoms with Crippen LogP contribution in [0.1, 0.15) is 6.92 Å². The van der Waals surface area contributed by atoms with Gasteiger partial charge in [0.2, 0.25) is 11.0 Å². The van der Waals surface area contributed by atoms with Crippen molar-refractivity contribution in [2.24, 2.45) is 0 Å². The monoisotopic (exact) mass is 377 g/mol. The predicted molar refractivity (Wildman–Crippen MR) is 77.0 cm³/mol. The number of pyridine rings is 1. The van der Waals surface area contributed by atoms with E-state index in [1.807, 2.05) is 0 Å². The molecule has 2 aromatic rings. The zero-order valence-electron chi connectivity index (χ0n) is 9.99. The Morgan fingerprint density at radius 3 is 2.75 bits per heavy atom. The number of hydrogen-bond donors (Lipinski definition) is 2. The number of carbonyl (C=O) groups excluding carboxylic acids is 1. The number of rotatable bonds is 4. The van der Waals surface area contributed by atoms with Crippen LogP contribution < -0.4 is 10.0 Å². The Labute approximate surface area is 126 Å². The highest BCUT2D eigenvalue weighted by Crippen LogP contribution is 2.22. The normalized spacial score (nSPS) is 11.1. The van der Waals surface area contributed by atoms with Crippen LogP contribution in [0, 0.1) is 0 Å². The molecule has 106 valence electrons. The van der Waals surface area contributed by atoms with Gasteiger partial charge in [0, 0.05) is 6.92 Å². The van der Waals surface area contributed by atoms with E-state index in [4.69, 9.17) is 0 Å². The van der Waals surface area contributed by atoms with E-state index >= 15 is 0 Å². The molecular formula is C9H8BrN5O3S2. The van der Waals surface area contributed by atoms with E-state index in [2.05, 4.69) is 41.2 Å². The number of aromatic nitrogens is 3. The van der Waals surface area contributed by atoms with Crippen molar-refractivity contribution < 1.29 is 13.2 Å². The minimum absolute atomic E-state index is 0.111. The molecule has 0 aliphatic rings. The van der Waals surface area contributed by atoms with Gasteiger partial charge in [0.25, 0.3) is 14.4 Å². The highest BCUT2D eigenvalue weighted by molar-refractivity contribution is 9.10. The smallest absolute Gasteiger partial charge is 0.292 e. The van der Waals surface area contributed by atoms with Crippen molar-refractivity contribution >= 4 is 54.1 Å². The Morgan fingerprint density at radius 2 is 2.10 bits per heavy atom. The van der Waals surface area contributed by atoms with Gasteiger partial charge < -0.3 is 5.32 Å². The van der Waals surface area contributed by atoms with E-state index in [9.17, 15) is 13.2 Å². The van der Waals surface area contributed by atoms with Gasteiger partial charge in [-0.05, 0) is 28.1 Å². The van der Waals surface area contributed by atoms with Crippen LogP contribution in [0.3, 0.4) is 0 Å². The molecule has 8 nitrogen and oxygen atoms in total. The summed E-state index contributed by atoms with van der Waals surface area (Å²) in [4.78, 5) is 14.8. The van der Waals surface area contributed by atoms with Crippen LogP contribution in [0.4, 0.5) is 10.9 Å². The molecule has 0 spiro atoms. The molecular weight excluding hydrogens is 370 g/mol. The summed E-state index contributed by atoms with van der Waals surface area (Å²) in [7, 11) is -3.88. The van der Waals surface area contributed by atoms with Crippen molar-refractivity contribution in [3.63, 3.8) is 0 Å². The summed E-state index contributed by atoms with van der Waals surface area (Å²) in [6.45, 7) is 1.29. The number of nitrogens with one attached hydrogen (secondary N) is 2. The first-order chi connectivity index (χ1) is 9.37. The van der Waals surface area contributed by atoms with Gasteiger partial charge >= 0.3 is 0 Å². The molecule has 0 unspecified atom stereocenters. The van der Waals surface area contributed by atoms with Gasteiger partial charge in [0.1, 0.15) is 10.4 Å². The average Bonchev–Trinajstić information content (AvgIpc) is 2.76. The van der Waals surface area contributed by atoms with Crippen molar-refractivity contribution in [3.8, 4) is 0 Å². The first kappa shape index (κ1) is 14.8. The summed E-state index contributed by atoms with van der Waals surface area (Å²) in [5.74, 6) is -0.206. The fourth-order valence-corrected chi connectivity index (χ4v) is 3.46. The van der Waals surface area contributed by atoms with E-state index in [-0.39, 0.29) is 21.2 Å². The van der Waals surface area contributed by atoms with Gasteiger partial charge in [-0.1, -0.05) is 17.4 Å². The van der Waals surface area contributed by atoms with Crippen LogP contribution in [0.25, 0.3) is 0 Å². The van der Waals surface area contributed by atoms with Crippen molar-refractivity contribution in [2.75, 3.05) is 10.0 Å². The maximum Gasteiger partial charge on any atom is 0.292 e. The van der Waals surface area contributed by atoms with Gasteiger partial charge in [0.05, 0.1) is 0 Å². The maximum absolute atomic E-state index is 12.0. The molecule has 1 amide bonds. The van der Waals surface area contributed by atoms with Gasteiger partial charge in [-0.15, -0.1) is 10.2 Å². The Morgan fingerprint density at radius 1 is 1.35 bits per heavy atom. The lowest BCUT2D eigenvalue weighted by atomic mass is 10.5. The molecule has 0 aliphatic carbocycles. The quantitative estimate of drug-likeness (QED) is 0.615. The van der Waals surface area contributed by atoms with E-state index in [0.29, 0.717) is 4.60 Å². The minimum atomic E-state index is -3.88. The third kappa shape index (κ3) is 3.71. The molecule has 0 saturated heterocycles. The predicted octanol–water partition coefficient (Wildman–Crippen LogP) is 1.45. The van der Waals surface area contributed by atoms with Crippen molar-refractivity contribution in [1.29, 1.82) is 0 Å². The highest BCUT2D eigenvalue weighted by atomic mass is 79.9. The summed E-state index contributed by atoms with van der Waals surface area (Å²) in [5.41, 5.74) is 0. The molecule has 0 aromatic carbocycles. The molecule has 0 saturated carbocycles. The molecule has 2 rings (SSSR count). The lowest BCUT2D eigenvalue weighted by molar-refractivity contribution is -0.114. The van der Waals surface area contributed by atoms with E-state index in [0.717, 1.165) is 11.3 Å². The molecule has 2 N–H and O–H groups in total. The number of sulfonamides is 1. The molecule has 0 bridgehead atoms. The average molecular weight is 378 g/mol. The number of hydrogen-bond acceptors (Lipinski definition) is 7. The third-order valence-corrected chi connectivity index (χ3v) is 4.88. The first-order valence-electron chi connectivity index (χ1n) is 5.13. The lowest BCUT2D eigenvalue weighted by Crippen LogP contribution is -2.13. The molecule has 2 aromatic heterocycles. The molecule has 2 heterocycles. The van der Waals surface area contributed by atoms with Gasteiger partial charge in [-0.2, -0.15) is 8.42 Å². The van der Waals surface area contributed by atoms with Crippen molar-refractivity contribution in [2.45, 2.75) is 11.3 Å². The number of nitrogens with zero attached hydrogens (tertiary/aromatic N) is 3. The van der Waals surface area contributed by atoms with Gasteiger partial charge in [-0.25, -0.2) is 4.98 Å². The van der Waals surface area contributed by atoms with Crippen LogP contribution >= 0.6 is 27.3 Å². The second-order valence-electron chi connectivity index (χ2n) is 3.51. The Kier molecular flexibility index (Phi) is 4.30. The van der Waals surface area contributed by atoms with E-state index in [1.165, 1.54) is 13.0 Å². The summed E-state index contributed by atoms with van der Waals surface area (Å²) in [6, 6.07) is 4.80. The van der Waals surface area contributed by atoms with Crippen molar-refractivity contribution in [3.05, 3.63) is 22.8 Å². The largest absolute Gasteiger partial charge is 0.301 e. The second kappa shape index (κ2) is 5.81. The van der Waals surface area contributed by atoms with Crippen LogP contribution in [-0.2, 0) is 14.8 Å². The summed E-state index contributed by atoms with van der Waals surface area (Å²) in [5, 5.41) is 9.56. The van der Waals surface area contributed by atoms with Crippen molar-refractivity contribution in [1.82, 2.24) is 15.2 Å². The van der Waals surface area contributed by atoms with Crippen LogP contribution in [0.2, 0.25) is 0 Å². The number of anilines is 2. The molecule has 0 aliphatic heterocycles. The zero-order chi connectivity index (χ0) is 14.8. The van der Waals surface area contributed by atoms with Crippen LogP contribution in [-0.4, -0.2) is 29.5 Å². The number of carbonyl (C=O) groups is 1. The van der Waals surface area contributed by atoms with Gasteiger partial charge in [-0.3, -0.25) is 9.52 Å². The fraction of sp³-hybridized carbons (Fsp3) is 0.111. The lowest BCUT2D eigenvalue weighted by Gasteiger charge is -2.03. The Bertz CT molecular complexity index is 746. The molecule has 20 heavy (non-hydrogen) atoms. The third-order valence-electron chi connectivity index (χ3n) is 1.87.